The molecule has 0 aliphatic rings. The van der Waals surface area contributed by atoms with Crippen LogP contribution in [0.15, 0.2) is 48.8 Å². The summed E-state index contributed by atoms with van der Waals surface area (Å²) in [6.45, 7) is 1.91. The zero-order valence-electron chi connectivity index (χ0n) is 10.9. The Balaban J connectivity index is 2.09. The van der Waals surface area contributed by atoms with E-state index in [4.69, 9.17) is 4.74 Å². The maximum absolute atomic E-state index is 10.6. The summed E-state index contributed by atoms with van der Waals surface area (Å²) in [6, 6.07) is 11.2. The molecule has 0 radical (unpaired) electrons. The molecule has 5 heteroatoms. The molecule has 0 aliphatic heterocycles. The molecule has 2 aromatic heterocycles. The highest BCUT2D eigenvalue weighted by Crippen LogP contribution is 2.28. The Morgan fingerprint density at radius 1 is 1.25 bits per heavy atom. The Morgan fingerprint density at radius 2 is 2.05 bits per heavy atom. The fraction of sp³-hybridized carbons (Fsp3) is 0.0667. The third-order valence-electron chi connectivity index (χ3n) is 2.83. The average Bonchev–Trinajstić information content (AvgIpc) is 2.81. The van der Waals surface area contributed by atoms with E-state index in [1.54, 1.807) is 12.3 Å². The quantitative estimate of drug-likeness (QED) is 0.739. The van der Waals surface area contributed by atoms with Crippen molar-refractivity contribution < 1.29 is 9.53 Å². The summed E-state index contributed by atoms with van der Waals surface area (Å²) in [4.78, 5) is 15.0. The van der Waals surface area contributed by atoms with E-state index in [0.29, 0.717) is 23.5 Å². The van der Waals surface area contributed by atoms with E-state index < -0.39 is 0 Å². The van der Waals surface area contributed by atoms with Crippen LogP contribution in [-0.2, 0) is 4.79 Å². The number of hydrogen-bond acceptors (Lipinski definition) is 3. The van der Waals surface area contributed by atoms with Gasteiger partial charge in [0, 0.05) is 18.5 Å². The number of pyridine rings is 1. The van der Waals surface area contributed by atoms with Gasteiger partial charge < -0.3 is 14.5 Å². The standard InChI is InChI=1S/C15H13N3O2/c1-11-8-18-9-12(16-10-19)7-14(15(18)17-11)20-13-5-3-2-4-6-13/h2-10H,1H3,(H,16,19). The number of hydrogen-bond donors (Lipinski definition) is 1. The summed E-state index contributed by atoms with van der Waals surface area (Å²) < 4.78 is 7.69. The molecule has 3 aromatic rings. The second kappa shape index (κ2) is 5.05. The lowest BCUT2D eigenvalue weighted by Gasteiger charge is -2.09. The number of para-hydroxylation sites is 1. The van der Waals surface area contributed by atoms with Crippen molar-refractivity contribution in [3.05, 3.63) is 54.5 Å². The minimum Gasteiger partial charge on any atom is -0.453 e. The van der Waals surface area contributed by atoms with Gasteiger partial charge in [0.1, 0.15) is 5.75 Å². The van der Waals surface area contributed by atoms with Crippen molar-refractivity contribution in [1.29, 1.82) is 0 Å². The zero-order valence-corrected chi connectivity index (χ0v) is 10.9. The number of nitrogens with zero attached hydrogens (tertiary/aromatic N) is 2. The van der Waals surface area contributed by atoms with Crippen molar-refractivity contribution in [1.82, 2.24) is 9.38 Å². The van der Waals surface area contributed by atoms with Gasteiger partial charge in [0.15, 0.2) is 11.4 Å². The summed E-state index contributed by atoms with van der Waals surface area (Å²) in [5, 5.41) is 2.63. The number of aromatic nitrogens is 2. The number of amides is 1. The van der Waals surface area contributed by atoms with E-state index in [2.05, 4.69) is 10.3 Å². The lowest BCUT2D eigenvalue weighted by molar-refractivity contribution is -0.105. The first-order valence-electron chi connectivity index (χ1n) is 6.19. The van der Waals surface area contributed by atoms with E-state index in [-0.39, 0.29) is 0 Å². The Labute approximate surface area is 115 Å². The van der Waals surface area contributed by atoms with Crippen LogP contribution in [0.5, 0.6) is 11.5 Å². The second-order valence-electron chi connectivity index (χ2n) is 4.38. The van der Waals surface area contributed by atoms with Gasteiger partial charge in [0.25, 0.3) is 0 Å². The highest BCUT2D eigenvalue weighted by Gasteiger charge is 2.09. The number of aryl methyl sites for hydroxylation is 1. The van der Waals surface area contributed by atoms with Gasteiger partial charge in [-0.15, -0.1) is 0 Å². The van der Waals surface area contributed by atoms with Crippen molar-refractivity contribution in [3.8, 4) is 11.5 Å². The maximum Gasteiger partial charge on any atom is 0.211 e. The predicted molar refractivity (Wildman–Crippen MR) is 76.1 cm³/mol. The third kappa shape index (κ3) is 2.33. The number of anilines is 1. The summed E-state index contributed by atoms with van der Waals surface area (Å²) in [7, 11) is 0. The summed E-state index contributed by atoms with van der Waals surface area (Å²) >= 11 is 0. The first-order valence-corrected chi connectivity index (χ1v) is 6.19. The number of ether oxygens (including phenoxy) is 1. The van der Waals surface area contributed by atoms with Gasteiger partial charge in [0.05, 0.1) is 11.4 Å². The minimum absolute atomic E-state index is 0.594. The molecule has 20 heavy (non-hydrogen) atoms. The molecule has 3 rings (SSSR count). The van der Waals surface area contributed by atoms with E-state index in [1.807, 2.05) is 47.9 Å². The Kier molecular flexibility index (Phi) is 3.09. The highest BCUT2D eigenvalue weighted by atomic mass is 16.5. The van der Waals surface area contributed by atoms with Gasteiger partial charge in [0.2, 0.25) is 6.41 Å². The van der Waals surface area contributed by atoms with Crippen LogP contribution in [0.2, 0.25) is 0 Å². The molecule has 0 spiro atoms. The van der Waals surface area contributed by atoms with Crippen molar-refractivity contribution in [2.24, 2.45) is 0 Å². The molecule has 0 saturated carbocycles. The normalized spacial score (nSPS) is 10.4. The first-order chi connectivity index (χ1) is 9.76. The lowest BCUT2D eigenvalue weighted by Crippen LogP contribution is -1.98. The average molecular weight is 267 g/mol. The first kappa shape index (κ1) is 12.2. The zero-order chi connectivity index (χ0) is 13.9. The molecule has 1 N–H and O–H groups in total. The Hall–Kier alpha value is -2.82. The molecule has 2 heterocycles. The number of fused-ring (bicyclic) bond motifs is 1. The van der Waals surface area contributed by atoms with Crippen LogP contribution in [0.25, 0.3) is 5.65 Å². The molecule has 5 nitrogen and oxygen atoms in total. The molecule has 0 unspecified atom stereocenters. The van der Waals surface area contributed by atoms with Crippen LogP contribution in [0.4, 0.5) is 5.69 Å². The molecule has 1 aromatic carbocycles. The number of carbonyl (C=O) groups excluding carboxylic acids is 1. The van der Waals surface area contributed by atoms with Crippen LogP contribution in [0.3, 0.4) is 0 Å². The molecule has 1 amide bonds. The van der Waals surface area contributed by atoms with Gasteiger partial charge in [-0.1, -0.05) is 18.2 Å². The summed E-state index contributed by atoms with van der Waals surface area (Å²) in [5.74, 6) is 1.31. The highest BCUT2D eigenvalue weighted by molar-refractivity contribution is 5.74. The van der Waals surface area contributed by atoms with E-state index in [0.717, 1.165) is 11.4 Å². The molecule has 0 aliphatic carbocycles. The number of benzene rings is 1. The van der Waals surface area contributed by atoms with Crippen LogP contribution < -0.4 is 10.1 Å². The van der Waals surface area contributed by atoms with Crippen LogP contribution >= 0.6 is 0 Å². The fourth-order valence-electron chi connectivity index (χ4n) is 2.03. The fourth-order valence-corrected chi connectivity index (χ4v) is 2.03. The largest absolute Gasteiger partial charge is 0.453 e. The number of carbonyl (C=O) groups is 1. The van der Waals surface area contributed by atoms with Crippen molar-refractivity contribution in [2.45, 2.75) is 6.92 Å². The van der Waals surface area contributed by atoms with Crippen molar-refractivity contribution in [3.63, 3.8) is 0 Å². The molecule has 0 atom stereocenters. The smallest absolute Gasteiger partial charge is 0.211 e. The monoisotopic (exact) mass is 267 g/mol. The van der Waals surface area contributed by atoms with Crippen LogP contribution in [0.1, 0.15) is 5.69 Å². The molecular weight excluding hydrogens is 254 g/mol. The number of rotatable bonds is 4. The van der Waals surface area contributed by atoms with Gasteiger partial charge in [-0.2, -0.15) is 0 Å². The minimum atomic E-state index is 0.594. The molecule has 0 fully saturated rings. The molecular formula is C15H13N3O2. The SMILES string of the molecule is Cc1cn2cc(NC=O)cc(Oc3ccccc3)c2n1. The van der Waals surface area contributed by atoms with Crippen molar-refractivity contribution >= 4 is 17.7 Å². The third-order valence-corrected chi connectivity index (χ3v) is 2.83. The van der Waals surface area contributed by atoms with E-state index in [9.17, 15) is 4.79 Å². The maximum atomic E-state index is 10.6. The van der Waals surface area contributed by atoms with E-state index >= 15 is 0 Å². The second-order valence-corrected chi connectivity index (χ2v) is 4.38. The van der Waals surface area contributed by atoms with Crippen molar-refractivity contribution in [2.75, 3.05) is 5.32 Å². The molecule has 0 saturated heterocycles. The number of imidazole rings is 1. The predicted octanol–water partition coefficient (Wildman–Crippen LogP) is 3.00. The lowest BCUT2D eigenvalue weighted by atomic mass is 10.3. The number of nitrogens with one attached hydrogen (secondary N) is 1. The molecule has 100 valence electrons. The van der Waals surface area contributed by atoms with Crippen LogP contribution in [-0.4, -0.2) is 15.8 Å². The Morgan fingerprint density at radius 3 is 2.80 bits per heavy atom. The van der Waals surface area contributed by atoms with Crippen LogP contribution in [0, 0.1) is 6.92 Å². The summed E-state index contributed by atoms with van der Waals surface area (Å²) in [6.07, 6.45) is 4.31. The Bertz CT molecular complexity index is 750. The van der Waals surface area contributed by atoms with E-state index in [1.165, 1.54) is 0 Å². The van der Waals surface area contributed by atoms with Gasteiger partial charge >= 0.3 is 0 Å². The van der Waals surface area contributed by atoms with Gasteiger partial charge in [-0.05, 0) is 19.1 Å². The van der Waals surface area contributed by atoms with Gasteiger partial charge in [-0.3, -0.25) is 4.79 Å². The van der Waals surface area contributed by atoms with Gasteiger partial charge in [-0.25, -0.2) is 4.98 Å². The summed E-state index contributed by atoms with van der Waals surface area (Å²) in [5.41, 5.74) is 2.24. The molecule has 0 bridgehead atoms. The topological polar surface area (TPSA) is 55.6 Å².